The third kappa shape index (κ3) is 5.54. The molecule has 0 saturated carbocycles. The molecular formula is C30H35N3O6. The van der Waals surface area contributed by atoms with Crippen molar-refractivity contribution in [2.24, 2.45) is 5.92 Å². The molecule has 3 aliphatic rings. The third-order valence-electron chi connectivity index (χ3n) is 7.67. The second kappa shape index (κ2) is 11.2. The van der Waals surface area contributed by atoms with Crippen LogP contribution in [0, 0.1) is 5.92 Å². The van der Waals surface area contributed by atoms with Crippen LogP contribution in [0.2, 0.25) is 0 Å². The minimum Gasteiger partial charge on any atom is -0.467 e. The lowest BCUT2D eigenvalue weighted by atomic mass is 10.0. The number of ether oxygens (including phenoxy) is 2. The van der Waals surface area contributed by atoms with Crippen molar-refractivity contribution in [2.75, 3.05) is 13.7 Å². The Morgan fingerprint density at radius 1 is 0.974 bits per heavy atom. The van der Waals surface area contributed by atoms with Crippen LogP contribution in [0.5, 0.6) is 0 Å². The van der Waals surface area contributed by atoms with Crippen molar-refractivity contribution in [1.82, 2.24) is 15.1 Å². The predicted octanol–water partition coefficient (Wildman–Crippen LogP) is 2.77. The molecule has 39 heavy (non-hydrogen) atoms. The van der Waals surface area contributed by atoms with Gasteiger partial charge in [-0.25, -0.2) is 4.79 Å². The molecule has 3 saturated heterocycles. The summed E-state index contributed by atoms with van der Waals surface area (Å²) in [6.45, 7) is 4.38. The smallest absolute Gasteiger partial charge is 0.328 e. The van der Waals surface area contributed by atoms with Gasteiger partial charge in [0.2, 0.25) is 11.8 Å². The first kappa shape index (κ1) is 26.9. The molecule has 0 aromatic heterocycles. The summed E-state index contributed by atoms with van der Waals surface area (Å²) in [6.07, 6.45) is 0.741. The molecule has 3 fully saturated rings. The van der Waals surface area contributed by atoms with Gasteiger partial charge >= 0.3 is 5.97 Å². The number of amides is 3. The van der Waals surface area contributed by atoms with Crippen LogP contribution < -0.4 is 5.32 Å². The van der Waals surface area contributed by atoms with Crippen molar-refractivity contribution in [3.05, 3.63) is 71.8 Å². The average Bonchev–Trinajstić information content (AvgIpc) is 3.85. The van der Waals surface area contributed by atoms with E-state index in [1.165, 1.54) is 7.11 Å². The maximum absolute atomic E-state index is 13.9. The molecule has 0 bridgehead atoms. The minimum atomic E-state index is -0.803. The summed E-state index contributed by atoms with van der Waals surface area (Å²) >= 11 is 0. The Kier molecular flexibility index (Phi) is 7.70. The summed E-state index contributed by atoms with van der Waals surface area (Å²) < 4.78 is 10.6. The van der Waals surface area contributed by atoms with Gasteiger partial charge in [0.05, 0.1) is 13.2 Å². The molecule has 2 aromatic rings. The quantitative estimate of drug-likeness (QED) is 0.392. The van der Waals surface area contributed by atoms with Gasteiger partial charge in [-0.2, -0.15) is 0 Å². The molecule has 3 heterocycles. The van der Waals surface area contributed by atoms with Crippen LogP contribution in [0.25, 0.3) is 0 Å². The van der Waals surface area contributed by atoms with Gasteiger partial charge in [-0.15, -0.1) is 0 Å². The maximum Gasteiger partial charge on any atom is 0.328 e. The number of hydrogen-bond donors (Lipinski definition) is 1. The number of esters is 1. The summed E-state index contributed by atoms with van der Waals surface area (Å²) in [5.74, 6) is -1.22. The topological polar surface area (TPSA) is 108 Å². The van der Waals surface area contributed by atoms with Crippen molar-refractivity contribution in [2.45, 2.75) is 69.5 Å². The predicted molar refractivity (Wildman–Crippen MR) is 142 cm³/mol. The standard InChI is InChI=1S/C30H35N3O6/c1-18(2)17-21(30(37)38-3)31-27(34)24-23(19-11-6-4-7-12-19)33(24)28(35)22-15-10-16-32(22)29(36)26-25(39-26)20-13-8-5-9-14-20/h4-9,11-14,18,21-26H,10,15-17H2,1-3H3,(H,31,34)/t21-,22-,23+,24-,25-,26+,33?/m0/s1. The highest BCUT2D eigenvalue weighted by Gasteiger charge is 2.59. The van der Waals surface area contributed by atoms with E-state index in [1.54, 1.807) is 9.80 Å². The van der Waals surface area contributed by atoms with Crippen LogP contribution >= 0.6 is 0 Å². The van der Waals surface area contributed by atoms with Crippen LogP contribution in [-0.4, -0.2) is 71.4 Å². The first-order chi connectivity index (χ1) is 18.8. The highest BCUT2D eigenvalue weighted by molar-refractivity contribution is 5.99. The molecule has 0 spiro atoms. The Balaban J connectivity index is 1.32. The maximum atomic E-state index is 13.9. The summed E-state index contributed by atoms with van der Waals surface area (Å²) in [5, 5.41) is 2.81. The lowest BCUT2D eigenvalue weighted by Crippen LogP contribution is -2.47. The van der Waals surface area contributed by atoms with Crippen LogP contribution in [0.3, 0.4) is 0 Å². The largest absolute Gasteiger partial charge is 0.467 e. The number of benzene rings is 2. The zero-order valence-corrected chi connectivity index (χ0v) is 22.5. The summed E-state index contributed by atoms with van der Waals surface area (Å²) in [4.78, 5) is 56.2. The number of nitrogens with one attached hydrogen (secondary N) is 1. The van der Waals surface area contributed by atoms with E-state index < -0.39 is 42.1 Å². The molecule has 2 aromatic carbocycles. The Hall–Kier alpha value is -3.72. The van der Waals surface area contributed by atoms with E-state index in [-0.39, 0.29) is 23.8 Å². The van der Waals surface area contributed by atoms with E-state index in [0.29, 0.717) is 25.8 Å². The van der Waals surface area contributed by atoms with Gasteiger partial charge in [0.15, 0.2) is 6.10 Å². The van der Waals surface area contributed by atoms with Gasteiger partial charge in [0.25, 0.3) is 5.91 Å². The van der Waals surface area contributed by atoms with Crippen molar-refractivity contribution in [1.29, 1.82) is 0 Å². The Bertz CT molecular complexity index is 1220. The van der Waals surface area contributed by atoms with Crippen LogP contribution in [0.15, 0.2) is 60.7 Å². The molecule has 206 valence electrons. The number of rotatable bonds is 9. The number of likely N-dealkylation sites (tertiary alicyclic amines) is 1. The van der Waals surface area contributed by atoms with E-state index in [1.807, 2.05) is 74.5 Å². The van der Waals surface area contributed by atoms with E-state index >= 15 is 0 Å². The van der Waals surface area contributed by atoms with E-state index in [4.69, 9.17) is 9.47 Å². The molecular weight excluding hydrogens is 498 g/mol. The van der Waals surface area contributed by atoms with E-state index in [0.717, 1.165) is 11.1 Å². The van der Waals surface area contributed by atoms with Gasteiger partial charge in [-0.3, -0.25) is 14.4 Å². The Morgan fingerprint density at radius 2 is 1.62 bits per heavy atom. The number of nitrogens with zero attached hydrogens (tertiary/aromatic N) is 2. The Labute approximate surface area is 228 Å². The lowest BCUT2D eigenvalue weighted by molar-refractivity contribution is -0.146. The zero-order valence-electron chi connectivity index (χ0n) is 22.5. The monoisotopic (exact) mass is 533 g/mol. The third-order valence-corrected chi connectivity index (χ3v) is 7.67. The SMILES string of the molecule is COC(=O)[C@H](CC(C)C)NC(=O)[C@@H]1[C@@H](c2ccccc2)N1C(=O)[C@@H]1CCCN1C(=O)[C@@H]1O[C@H]1c1ccccc1. The van der Waals surface area contributed by atoms with Gasteiger partial charge in [-0.05, 0) is 36.3 Å². The van der Waals surface area contributed by atoms with Crippen molar-refractivity contribution >= 4 is 23.7 Å². The highest BCUT2D eigenvalue weighted by atomic mass is 16.6. The molecule has 6 atom stereocenters. The Morgan fingerprint density at radius 3 is 2.23 bits per heavy atom. The first-order valence-corrected chi connectivity index (χ1v) is 13.6. The molecule has 9 heteroatoms. The van der Waals surface area contributed by atoms with Gasteiger partial charge in [0.1, 0.15) is 24.2 Å². The van der Waals surface area contributed by atoms with Crippen LogP contribution in [0.4, 0.5) is 0 Å². The zero-order chi connectivity index (χ0) is 27.7. The number of epoxide rings is 1. The second-order valence-electron chi connectivity index (χ2n) is 10.8. The highest BCUT2D eigenvalue weighted by Crippen LogP contribution is 2.46. The van der Waals surface area contributed by atoms with Crippen molar-refractivity contribution < 1.29 is 28.7 Å². The second-order valence-corrected chi connectivity index (χ2v) is 10.8. The van der Waals surface area contributed by atoms with Gasteiger partial charge in [0, 0.05) is 6.54 Å². The summed E-state index contributed by atoms with van der Waals surface area (Å²) in [7, 11) is 1.29. The molecule has 0 aliphatic carbocycles. The van der Waals surface area contributed by atoms with Crippen molar-refractivity contribution in [3.63, 3.8) is 0 Å². The summed E-state index contributed by atoms with van der Waals surface area (Å²) in [6, 6.07) is 16.2. The van der Waals surface area contributed by atoms with Crippen LogP contribution in [0.1, 0.15) is 56.4 Å². The van der Waals surface area contributed by atoms with Gasteiger partial charge < -0.3 is 24.6 Å². The molecule has 1 N–H and O–H groups in total. The summed E-state index contributed by atoms with van der Waals surface area (Å²) in [5.41, 5.74) is 1.77. The van der Waals surface area contributed by atoms with E-state index in [9.17, 15) is 19.2 Å². The molecule has 3 aliphatic heterocycles. The fraction of sp³-hybridized carbons (Fsp3) is 0.467. The van der Waals surface area contributed by atoms with Gasteiger partial charge in [-0.1, -0.05) is 74.5 Å². The molecule has 0 radical (unpaired) electrons. The fourth-order valence-corrected chi connectivity index (χ4v) is 5.67. The number of carbonyl (C=O) groups excluding carboxylic acids is 4. The molecule has 5 rings (SSSR count). The molecule has 0 unspecified atom stereocenters. The number of hydrogen-bond acceptors (Lipinski definition) is 6. The molecule has 9 nitrogen and oxygen atoms in total. The fourth-order valence-electron chi connectivity index (χ4n) is 5.67. The first-order valence-electron chi connectivity index (χ1n) is 13.6. The van der Waals surface area contributed by atoms with E-state index in [2.05, 4.69) is 5.32 Å². The van der Waals surface area contributed by atoms with Crippen molar-refractivity contribution in [3.8, 4) is 0 Å². The normalized spacial score (nSPS) is 26.2. The number of methoxy groups -OCH3 is 1. The molecule has 3 amide bonds. The lowest BCUT2D eigenvalue weighted by Gasteiger charge is -2.24. The average molecular weight is 534 g/mol. The van der Waals surface area contributed by atoms with Crippen LogP contribution in [-0.2, 0) is 28.7 Å². The minimum absolute atomic E-state index is 0.152. The number of carbonyl (C=O) groups is 4.